The SMILES string of the molecule is CCN(CC)C(=O)C1C2CC(C3CCN(S(C)(=O)=O)CC3)CCN2N(C2CCCC2)C1C(F)(F)F. The van der Waals surface area contributed by atoms with E-state index in [0.717, 1.165) is 44.9 Å². The Labute approximate surface area is 208 Å². The monoisotopic (exact) mass is 522 g/mol. The number of carbonyl (C=O) groups is 1. The van der Waals surface area contributed by atoms with E-state index in [0.29, 0.717) is 39.1 Å². The van der Waals surface area contributed by atoms with Crippen molar-refractivity contribution < 1.29 is 26.4 Å². The predicted molar refractivity (Wildman–Crippen MR) is 128 cm³/mol. The average molecular weight is 523 g/mol. The zero-order chi connectivity index (χ0) is 25.5. The zero-order valence-electron chi connectivity index (χ0n) is 21.2. The van der Waals surface area contributed by atoms with E-state index < -0.39 is 34.2 Å². The Morgan fingerprint density at radius 3 is 2.03 bits per heavy atom. The number of fused-ring (bicyclic) bond motifs is 1. The fourth-order valence-electron chi connectivity index (χ4n) is 7.28. The van der Waals surface area contributed by atoms with E-state index >= 15 is 0 Å². The van der Waals surface area contributed by atoms with Gasteiger partial charge in [0.25, 0.3) is 0 Å². The maximum atomic E-state index is 14.7. The highest BCUT2D eigenvalue weighted by Crippen LogP contribution is 2.49. The molecule has 0 spiro atoms. The Morgan fingerprint density at radius 2 is 1.51 bits per heavy atom. The molecule has 3 aliphatic heterocycles. The van der Waals surface area contributed by atoms with Gasteiger partial charge in [0, 0.05) is 44.8 Å². The van der Waals surface area contributed by atoms with Gasteiger partial charge in [0.2, 0.25) is 15.9 Å². The van der Waals surface area contributed by atoms with Gasteiger partial charge in [0.05, 0.1) is 12.2 Å². The van der Waals surface area contributed by atoms with Gasteiger partial charge in [-0.3, -0.25) is 4.79 Å². The minimum atomic E-state index is -4.48. The molecule has 4 unspecified atom stereocenters. The molecule has 4 rings (SSSR count). The molecule has 1 aliphatic carbocycles. The number of carbonyl (C=O) groups excluding carboxylic acids is 1. The molecule has 4 fully saturated rings. The van der Waals surface area contributed by atoms with Gasteiger partial charge in [-0.05, 0) is 64.2 Å². The molecule has 1 saturated carbocycles. The van der Waals surface area contributed by atoms with Gasteiger partial charge in [-0.15, -0.1) is 0 Å². The summed E-state index contributed by atoms with van der Waals surface area (Å²) in [4.78, 5) is 15.2. The highest BCUT2D eigenvalue weighted by atomic mass is 32.2. The van der Waals surface area contributed by atoms with Crippen LogP contribution in [-0.4, -0.2) is 96.8 Å². The lowest BCUT2D eigenvalue weighted by Crippen LogP contribution is -2.55. The van der Waals surface area contributed by atoms with Crippen LogP contribution in [0.4, 0.5) is 13.2 Å². The van der Waals surface area contributed by atoms with Crippen molar-refractivity contribution in [2.45, 2.75) is 89.5 Å². The average Bonchev–Trinajstić information content (AvgIpc) is 3.44. The quantitative estimate of drug-likeness (QED) is 0.536. The molecule has 0 N–H and O–H groups in total. The molecule has 0 radical (unpaired) electrons. The van der Waals surface area contributed by atoms with Gasteiger partial charge in [-0.1, -0.05) is 12.8 Å². The summed E-state index contributed by atoms with van der Waals surface area (Å²) in [5.41, 5.74) is 0. The van der Waals surface area contributed by atoms with E-state index in [-0.39, 0.29) is 23.8 Å². The number of nitrogens with zero attached hydrogens (tertiary/aromatic N) is 4. The Kier molecular flexibility index (Phi) is 8.11. The largest absolute Gasteiger partial charge is 0.406 e. The van der Waals surface area contributed by atoms with Crippen LogP contribution in [0.15, 0.2) is 0 Å². The van der Waals surface area contributed by atoms with Gasteiger partial charge in [-0.2, -0.15) is 13.2 Å². The third kappa shape index (κ3) is 5.38. The smallest absolute Gasteiger partial charge is 0.343 e. The van der Waals surface area contributed by atoms with E-state index in [9.17, 15) is 26.4 Å². The van der Waals surface area contributed by atoms with Crippen LogP contribution in [0.3, 0.4) is 0 Å². The Hall–Kier alpha value is -0.910. The maximum absolute atomic E-state index is 14.7. The molecule has 0 aromatic carbocycles. The van der Waals surface area contributed by atoms with E-state index in [1.54, 1.807) is 9.91 Å². The molecule has 0 aromatic heterocycles. The summed E-state index contributed by atoms with van der Waals surface area (Å²) in [6.45, 7) is 5.92. The van der Waals surface area contributed by atoms with E-state index in [1.807, 2.05) is 18.9 Å². The lowest BCUT2D eigenvalue weighted by atomic mass is 9.74. The number of hydrogen-bond donors (Lipinski definition) is 0. The minimum absolute atomic E-state index is 0.159. The summed E-state index contributed by atoms with van der Waals surface area (Å²) in [5, 5.41) is 3.52. The topological polar surface area (TPSA) is 64.2 Å². The van der Waals surface area contributed by atoms with Crippen LogP contribution < -0.4 is 0 Å². The fourth-order valence-corrected chi connectivity index (χ4v) is 8.15. The lowest BCUT2D eigenvalue weighted by molar-refractivity contribution is -0.218. The summed E-state index contributed by atoms with van der Waals surface area (Å²) >= 11 is 0. The fraction of sp³-hybridized carbons (Fsp3) is 0.958. The van der Waals surface area contributed by atoms with Crippen LogP contribution in [0, 0.1) is 17.8 Å². The van der Waals surface area contributed by atoms with E-state index in [2.05, 4.69) is 0 Å². The summed E-state index contributed by atoms with van der Waals surface area (Å²) in [5.74, 6) is -0.999. The molecule has 7 nitrogen and oxygen atoms in total. The molecular weight excluding hydrogens is 481 g/mol. The van der Waals surface area contributed by atoms with Gasteiger partial charge < -0.3 is 4.90 Å². The molecule has 4 aliphatic rings. The first-order valence-corrected chi connectivity index (χ1v) is 15.2. The van der Waals surface area contributed by atoms with Crippen molar-refractivity contribution in [2.75, 3.05) is 39.0 Å². The van der Waals surface area contributed by atoms with Crippen LogP contribution in [-0.2, 0) is 14.8 Å². The molecule has 202 valence electrons. The number of sulfonamides is 1. The Morgan fingerprint density at radius 1 is 0.943 bits per heavy atom. The summed E-state index contributed by atoms with van der Waals surface area (Å²) < 4.78 is 69.4. The second-order valence-corrected chi connectivity index (χ2v) is 12.8. The third-order valence-corrected chi connectivity index (χ3v) is 10.3. The van der Waals surface area contributed by atoms with Crippen LogP contribution in [0.25, 0.3) is 0 Å². The van der Waals surface area contributed by atoms with Gasteiger partial charge in [0.1, 0.15) is 6.04 Å². The van der Waals surface area contributed by atoms with Crippen LogP contribution in [0.1, 0.15) is 65.2 Å². The van der Waals surface area contributed by atoms with Crippen molar-refractivity contribution in [3.05, 3.63) is 0 Å². The molecular formula is C24H41F3N4O3S. The van der Waals surface area contributed by atoms with Crippen molar-refractivity contribution in [2.24, 2.45) is 17.8 Å². The molecule has 3 heterocycles. The van der Waals surface area contributed by atoms with Crippen molar-refractivity contribution >= 4 is 15.9 Å². The van der Waals surface area contributed by atoms with Gasteiger partial charge in [0.15, 0.2) is 0 Å². The first-order valence-electron chi connectivity index (χ1n) is 13.3. The number of halogens is 3. The highest BCUT2D eigenvalue weighted by Gasteiger charge is 2.64. The Bertz CT molecular complexity index is 853. The normalized spacial score (nSPS) is 32.7. The van der Waals surface area contributed by atoms with E-state index in [4.69, 9.17) is 0 Å². The second-order valence-electron chi connectivity index (χ2n) is 10.9. The number of piperidine rings is 2. The summed E-state index contributed by atoms with van der Waals surface area (Å²) in [6.07, 6.45) is 2.91. The zero-order valence-corrected chi connectivity index (χ0v) is 22.0. The number of rotatable bonds is 6. The number of amides is 1. The first kappa shape index (κ1) is 27.1. The van der Waals surface area contributed by atoms with Gasteiger partial charge in [-0.25, -0.2) is 22.7 Å². The maximum Gasteiger partial charge on any atom is 0.406 e. The third-order valence-electron chi connectivity index (χ3n) is 9.02. The summed E-state index contributed by atoms with van der Waals surface area (Å²) in [6, 6.07) is -2.38. The minimum Gasteiger partial charge on any atom is -0.343 e. The molecule has 0 aromatic rings. The highest BCUT2D eigenvalue weighted by molar-refractivity contribution is 7.88. The molecule has 0 bridgehead atoms. The molecule has 1 amide bonds. The van der Waals surface area contributed by atoms with Crippen molar-refractivity contribution in [1.82, 2.24) is 19.2 Å². The standard InChI is InChI=1S/C24H41F3N4O3S/c1-4-28(5-2)23(32)21-20-16-18(17-10-13-29(14-11-17)35(3,33)34)12-15-30(20)31(19-8-6-7-9-19)22(21)24(25,26)27/h17-22H,4-16H2,1-3H3. The number of hydrazine groups is 1. The predicted octanol–water partition coefficient (Wildman–Crippen LogP) is 3.33. The molecule has 3 saturated heterocycles. The first-order chi connectivity index (χ1) is 16.5. The van der Waals surface area contributed by atoms with Crippen molar-refractivity contribution in [3.63, 3.8) is 0 Å². The van der Waals surface area contributed by atoms with Crippen molar-refractivity contribution in [1.29, 1.82) is 0 Å². The molecule has 35 heavy (non-hydrogen) atoms. The lowest BCUT2D eigenvalue weighted by Gasteiger charge is -2.45. The number of hydrogen-bond acceptors (Lipinski definition) is 5. The Balaban J connectivity index is 1.61. The van der Waals surface area contributed by atoms with Crippen LogP contribution >= 0.6 is 0 Å². The second kappa shape index (κ2) is 10.5. The van der Waals surface area contributed by atoms with Crippen LogP contribution in [0.5, 0.6) is 0 Å². The van der Waals surface area contributed by atoms with Gasteiger partial charge >= 0.3 is 6.18 Å². The van der Waals surface area contributed by atoms with E-state index in [1.165, 1.54) is 10.6 Å². The molecule has 11 heteroatoms. The number of alkyl halides is 3. The van der Waals surface area contributed by atoms with Crippen LogP contribution in [0.2, 0.25) is 0 Å². The molecule has 4 atom stereocenters. The van der Waals surface area contributed by atoms with Crippen molar-refractivity contribution in [3.8, 4) is 0 Å². The summed E-state index contributed by atoms with van der Waals surface area (Å²) in [7, 11) is -3.23.